The number of nitrogens with one attached hydrogen (secondary N) is 9. The number of phenols is 1. The highest BCUT2D eigenvalue weighted by atomic mass is 127. The van der Waals surface area contributed by atoms with Crippen molar-refractivity contribution in [2.45, 2.75) is 168 Å². The lowest BCUT2D eigenvalue weighted by Gasteiger charge is -2.47. The van der Waals surface area contributed by atoms with Crippen LogP contribution in [0.3, 0.4) is 0 Å². The third-order valence-corrected chi connectivity index (χ3v) is 19.6. The van der Waals surface area contributed by atoms with Gasteiger partial charge in [-0.1, -0.05) is 76.2 Å². The Kier molecular flexibility index (Phi) is 28.8. The number of halogens is 1. The van der Waals surface area contributed by atoms with Gasteiger partial charge in [-0.3, -0.25) is 33.6 Å². The Hall–Kier alpha value is -6.37. The SMILES string of the molecule is CC(O)[C@H](NC(=O)[C@@H]1CSSCC(NC(=O)C(Cc2ccccc2)NCC2(O)OCC(O)[C@@H](O[C@@H]3OC(CO)[C@@H](O)[C@H](O)C3O)C2O)C(=O)N[C@@H](Cc2ccc(O)c(I)c2)C(=O)N[C@H](Cc2c[nH]c3ccccc23)C(=O)N[C@@H](CCCCN)C(=O)N[C@@H](C(C)O)C(=O)N1)C(=O)O. The van der Waals surface area contributed by atoms with Crippen molar-refractivity contribution >= 4 is 102 Å². The fourth-order valence-electron chi connectivity index (χ4n) is 10.8. The van der Waals surface area contributed by atoms with Crippen molar-refractivity contribution in [1.29, 1.82) is 0 Å². The molecule has 0 radical (unpaired) electrons. The molecule has 22 N–H and O–H groups in total. The molecule has 1 aromatic heterocycles. The molecule has 7 rings (SSSR count). The summed E-state index contributed by atoms with van der Waals surface area (Å²) in [5.74, 6) is -12.7. The lowest BCUT2D eigenvalue weighted by molar-refractivity contribution is -0.367. The van der Waals surface area contributed by atoms with Gasteiger partial charge in [0.15, 0.2) is 12.3 Å². The van der Waals surface area contributed by atoms with Gasteiger partial charge >= 0.3 is 5.97 Å². The van der Waals surface area contributed by atoms with Gasteiger partial charge in [-0.15, -0.1) is 0 Å². The standard InChI is InChI=1S/C61H83IN10O22S2/c1-28(74)45-58(88)70-41(57(87)72-46(29(2)75)59(89)90)26-96-95-25-40(69-53(83)37(19-30-10-4-3-5-11-30)65-27-61(91)51(81)50(43(77)24-92-61)94-60-49(80)48(79)47(78)44(23-73)93-60)56(86)67-38(20-31-15-16-42(76)34(62)18-31)54(84)68-39(21-32-22-64-35-13-7-6-12-33(32)35)55(85)66-36(52(82)71-45)14-8-9-17-63/h3-7,10-13,15-16,18,22,28-29,36-41,43-51,60,64-65,73-81,91H,8-9,14,17,19-21,23-27,63H2,1-2H3,(H,66,85)(H,67,86)(H,68,84)(H,69,83)(H,70,88)(H,71,82)(H,72,87)(H,89,90)/t28?,29?,36-,37?,38-,39+,40?,41-,43?,44?,45-,46-,47+,48-,49?,50+,51?,60-,61?/m0/s1. The van der Waals surface area contributed by atoms with Crippen LogP contribution in [-0.2, 0) is 71.8 Å². The molecule has 9 unspecified atom stereocenters. The van der Waals surface area contributed by atoms with Crippen LogP contribution in [0.25, 0.3) is 10.9 Å². The highest BCUT2D eigenvalue weighted by Gasteiger charge is 2.53. The normalized spacial score (nSPS) is 29.7. The highest BCUT2D eigenvalue weighted by molar-refractivity contribution is 14.1. The number of aliphatic hydroxyl groups is 9. The maximum atomic E-state index is 15.3. The van der Waals surface area contributed by atoms with E-state index in [1.807, 2.05) is 22.6 Å². The van der Waals surface area contributed by atoms with Gasteiger partial charge in [-0.25, -0.2) is 4.79 Å². The van der Waals surface area contributed by atoms with Crippen molar-refractivity contribution in [2.75, 3.05) is 37.8 Å². The van der Waals surface area contributed by atoms with Crippen LogP contribution in [0.15, 0.2) is 79.0 Å². The number of para-hydroxylation sites is 1. The number of aromatic hydroxyl groups is 1. The molecule has 528 valence electrons. The number of unbranched alkanes of at least 4 members (excludes halogenated alkanes) is 1. The second-order valence-corrected chi connectivity index (χ2v) is 27.3. The number of rotatable bonds is 23. The molecule has 3 saturated heterocycles. The number of nitrogens with two attached hydrogens (primary N) is 1. The minimum atomic E-state index is -2.74. The third-order valence-electron chi connectivity index (χ3n) is 16.3. The summed E-state index contributed by atoms with van der Waals surface area (Å²) in [5.41, 5.74) is 7.90. The van der Waals surface area contributed by atoms with E-state index in [1.165, 1.54) is 18.2 Å². The number of ether oxygens (including phenoxy) is 3. The van der Waals surface area contributed by atoms with E-state index in [2.05, 4.69) is 47.5 Å². The number of H-pyrrole nitrogens is 1. The highest BCUT2D eigenvalue weighted by Crippen LogP contribution is 2.31. The summed E-state index contributed by atoms with van der Waals surface area (Å²) in [7, 11) is 1.62. The zero-order valence-electron chi connectivity index (χ0n) is 52.1. The van der Waals surface area contributed by atoms with Crippen LogP contribution in [0, 0.1) is 3.57 Å². The quantitative estimate of drug-likeness (QED) is 0.0188. The lowest BCUT2D eigenvalue weighted by atomic mass is 9.95. The van der Waals surface area contributed by atoms with Crippen LogP contribution in [0.2, 0.25) is 0 Å². The lowest BCUT2D eigenvalue weighted by Crippen LogP contribution is -2.68. The topological polar surface area (TPSA) is 525 Å². The fourth-order valence-corrected chi connectivity index (χ4v) is 13.7. The molecule has 7 amide bonds. The first-order valence-electron chi connectivity index (χ1n) is 30.8. The van der Waals surface area contributed by atoms with Gasteiger partial charge in [0.2, 0.25) is 47.1 Å². The summed E-state index contributed by atoms with van der Waals surface area (Å²) in [4.78, 5) is 119. The Morgan fingerprint density at radius 2 is 1.45 bits per heavy atom. The van der Waals surface area contributed by atoms with Crippen LogP contribution in [-0.4, -0.2) is 262 Å². The predicted octanol–water partition coefficient (Wildman–Crippen LogP) is -5.15. The maximum absolute atomic E-state index is 15.3. The third kappa shape index (κ3) is 20.6. The number of carbonyl (C=O) groups is 8. The molecular formula is C61H83IN10O22S2. The number of aromatic nitrogens is 1. The Morgan fingerprint density at radius 1 is 0.792 bits per heavy atom. The van der Waals surface area contributed by atoms with E-state index in [4.69, 9.17) is 19.9 Å². The van der Waals surface area contributed by atoms with Crippen LogP contribution in [0.5, 0.6) is 5.75 Å². The molecule has 3 aliphatic rings. The summed E-state index contributed by atoms with van der Waals surface area (Å²) in [6.45, 7) is -0.0138. The molecule has 19 atom stereocenters. The number of carboxylic acid groups (broad SMARTS) is 1. The molecule has 35 heteroatoms. The monoisotopic (exact) mass is 1500 g/mol. The van der Waals surface area contributed by atoms with E-state index in [9.17, 15) is 80.1 Å². The van der Waals surface area contributed by atoms with Crippen LogP contribution in [0.4, 0.5) is 0 Å². The largest absolute Gasteiger partial charge is 0.507 e. The number of aliphatic hydroxyl groups excluding tert-OH is 8. The number of carboxylic acids is 1. The average Bonchev–Trinajstić information content (AvgIpc) is 1.03. The van der Waals surface area contributed by atoms with Crippen molar-refractivity contribution in [1.82, 2.24) is 47.5 Å². The molecule has 32 nitrogen and oxygen atoms in total. The number of hydrogen-bond acceptors (Lipinski definition) is 25. The summed E-state index contributed by atoms with van der Waals surface area (Å²) >= 11 is 1.86. The van der Waals surface area contributed by atoms with Gasteiger partial charge in [0, 0.05) is 41.4 Å². The average molecular weight is 1500 g/mol. The molecule has 3 aliphatic heterocycles. The van der Waals surface area contributed by atoms with Crippen LogP contribution in [0.1, 0.15) is 49.8 Å². The molecular weight excluding hydrogens is 1420 g/mol. The molecule has 0 aliphatic carbocycles. The number of hydrogen-bond donors (Lipinski definition) is 21. The van der Waals surface area contributed by atoms with Gasteiger partial charge in [-0.05, 0) is 104 Å². The van der Waals surface area contributed by atoms with Gasteiger partial charge in [0.05, 0.1) is 41.6 Å². The number of aromatic amines is 1. The minimum absolute atomic E-state index is 0.0941. The molecule has 4 heterocycles. The number of carbonyl (C=O) groups excluding carboxylic acids is 7. The van der Waals surface area contributed by atoms with E-state index < -0.39 is 194 Å². The van der Waals surface area contributed by atoms with E-state index in [-0.39, 0.29) is 44.4 Å². The molecule has 3 aromatic carbocycles. The van der Waals surface area contributed by atoms with Crippen LogP contribution >= 0.6 is 44.2 Å². The molecule has 0 saturated carbocycles. The zero-order valence-corrected chi connectivity index (χ0v) is 55.9. The molecule has 0 bridgehead atoms. The van der Waals surface area contributed by atoms with E-state index in [0.717, 1.165) is 35.4 Å². The first kappa shape index (κ1) is 77.0. The Morgan fingerprint density at radius 3 is 2.11 bits per heavy atom. The van der Waals surface area contributed by atoms with Crippen molar-refractivity contribution in [3.8, 4) is 5.75 Å². The summed E-state index contributed by atoms with van der Waals surface area (Å²) in [6.07, 6.45) is -16.9. The summed E-state index contributed by atoms with van der Waals surface area (Å²) in [6, 6.07) is 6.39. The van der Waals surface area contributed by atoms with Gasteiger partial charge < -0.3 is 124 Å². The molecule has 3 fully saturated rings. The summed E-state index contributed by atoms with van der Waals surface area (Å²) in [5, 5.41) is 139. The van der Waals surface area contributed by atoms with E-state index in [1.54, 1.807) is 60.8 Å². The minimum Gasteiger partial charge on any atom is -0.507 e. The number of aliphatic carboxylic acids is 1. The van der Waals surface area contributed by atoms with Crippen molar-refractivity contribution in [3.63, 3.8) is 0 Å². The second kappa shape index (κ2) is 35.9. The van der Waals surface area contributed by atoms with Crippen molar-refractivity contribution < 1.29 is 109 Å². The van der Waals surface area contributed by atoms with Crippen molar-refractivity contribution in [3.05, 3.63) is 99.3 Å². The number of phenolic OH excluding ortho intramolecular Hbond substituents is 1. The maximum Gasteiger partial charge on any atom is 0.328 e. The Labute approximate surface area is 571 Å². The number of fused-ring (bicyclic) bond motifs is 1. The van der Waals surface area contributed by atoms with Gasteiger partial charge in [-0.2, -0.15) is 0 Å². The van der Waals surface area contributed by atoms with Crippen LogP contribution < -0.4 is 48.3 Å². The first-order chi connectivity index (χ1) is 45.6. The van der Waals surface area contributed by atoms with Gasteiger partial charge in [0.25, 0.3) is 0 Å². The number of amides is 7. The molecule has 0 spiro atoms. The summed E-state index contributed by atoms with van der Waals surface area (Å²) < 4.78 is 17.0. The Bertz CT molecular complexity index is 3310. The number of benzene rings is 3. The predicted molar refractivity (Wildman–Crippen MR) is 352 cm³/mol. The van der Waals surface area contributed by atoms with Crippen molar-refractivity contribution in [2.24, 2.45) is 5.73 Å². The zero-order chi connectivity index (χ0) is 70.1. The van der Waals surface area contributed by atoms with E-state index >= 15 is 14.4 Å². The molecule has 4 aromatic rings. The van der Waals surface area contributed by atoms with Gasteiger partial charge in [0.1, 0.15) is 84.7 Å². The fraction of sp³-hybridized carbons (Fsp3) is 0.541. The smallest absolute Gasteiger partial charge is 0.328 e. The molecule has 96 heavy (non-hydrogen) atoms. The second-order valence-electron chi connectivity index (χ2n) is 23.6. The van der Waals surface area contributed by atoms with E-state index in [0.29, 0.717) is 37.6 Å². The Balaban J connectivity index is 1.27. The first-order valence-corrected chi connectivity index (χ1v) is 34.3.